The number of hydrogen-bond acceptors (Lipinski definition) is 4. The molecule has 6 heteroatoms. The van der Waals surface area contributed by atoms with E-state index in [-0.39, 0.29) is 24.2 Å². The molecule has 0 radical (unpaired) electrons. The molecule has 0 spiro atoms. The summed E-state index contributed by atoms with van der Waals surface area (Å²) in [6.07, 6.45) is -0.492. The summed E-state index contributed by atoms with van der Waals surface area (Å²) in [5, 5.41) is 16.1. The molecule has 2 heterocycles. The van der Waals surface area contributed by atoms with Crippen LogP contribution < -0.4 is 5.43 Å². The van der Waals surface area contributed by atoms with Crippen LogP contribution in [0.5, 0.6) is 0 Å². The van der Waals surface area contributed by atoms with E-state index in [0.29, 0.717) is 10.9 Å². The summed E-state index contributed by atoms with van der Waals surface area (Å²) in [5.41, 5.74) is 0.0963. The number of likely N-dealkylation sites (tertiary alicyclic amines) is 1. The summed E-state index contributed by atoms with van der Waals surface area (Å²) < 4.78 is 0. The van der Waals surface area contributed by atoms with Gasteiger partial charge in [-0.2, -0.15) is 5.10 Å². The predicted octanol–water partition coefficient (Wildman–Crippen LogP) is -0.260. The lowest BCUT2D eigenvalue weighted by Crippen LogP contribution is -2.54. The van der Waals surface area contributed by atoms with E-state index < -0.39 is 12.0 Å². The van der Waals surface area contributed by atoms with Crippen LogP contribution in [0.1, 0.15) is 10.5 Å². The van der Waals surface area contributed by atoms with Gasteiger partial charge in [-0.05, 0) is 12.1 Å². The number of aromatic nitrogens is 2. The number of benzene rings is 1. The van der Waals surface area contributed by atoms with Crippen molar-refractivity contribution in [3.8, 4) is 0 Å². The van der Waals surface area contributed by atoms with Gasteiger partial charge in [0.05, 0.1) is 11.6 Å². The van der Waals surface area contributed by atoms with Crippen molar-refractivity contribution >= 4 is 16.8 Å². The van der Waals surface area contributed by atoms with Crippen LogP contribution in [0.2, 0.25) is 0 Å². The Morgan fingerprint density at radius 2 is 2.11 bits per heavy atom. The SMILES string of the molecule is O=C(c1n[nH]c2ccccc2c1=O)N1CC(O)C1. The Hall–Kier alpha value is -2.21. The second kappa shape index (κ2) is 3.92. The minimum absolute atomic E-state index is 0.124. The van der Waals surface area contributed by atoms with Crippen LogP contribution in [0.4, 0.5) is 0 Å². The lowest BCUT2D eigenvalue weighted by molar-refractivity contribution is 0.00535. The first kappa shape index (κ1) is 10.9. The number of aliphatic hydroxyl groups is 1. The second-order valence-electron chi connectivity index (χ2n) is 4.31. The van der Waals surface area contributed by atoms with Gasteiger partial charge in [0, 0.05) is 18.5 Å². The summed E-state index contributed by atoms with van der Waals surface area (Å²) >= 11 is 0. The van der Waals surface area contributed by atoms with Gasteiger partial charge in [-0.3, -0.25) is 14.7 Å². The van der Waals surface area contributed by atoms with E-state index in [1.54, 1.807) is 24.3 Å². The normalized spacial score (nSPS) is 15.7. The number of hydrogen-bond donors (Lipinski definition) is 2. The average Bonchev–Trinajstić information content (AvgIpc) is 2.35. The van der Waals surface area contributed by atoms with Crippen LogP contribution in [0.15, 0.2) is 29.1 Å². The van der Waals surface area contributed by atoms with Crippen molar-refractivity contribution in [3.63, 3.8) is 0 Å². The number of β-amino-alcohol motifs (C(OH)–C–C–N with tert-alkyl or cyclic N) is 1. The van der Waals surface area contributed by atoms with Crippen LogP contribution in [0.25, 0.3) is 10.9 Å². The molecular weight excluding hydrogens is 234 g/mol. The average molecular weight is 245 g/mol. The van der Waals surface area contributed by atoms with E-state index in [1.807, 2.05) is 0 Å². The molecular formula is C12H11N3O3. The minimum Gasteiger partial charge on any atom is -0.389 e. The number of nitrogens with zero attached hydrogens (tertiary/aromatic N) is 2. The Morgan fingerprint density at radius 3 is 2.83 bits per heavy atom. The molecule has 3 rings (SSSR count). The monoisotopic (exact) mass is 245 g/mol. The van der Waals surface area contributed by atoms with E-state index in [2.05, 4.69) is 10.2 Å². The fraction of sp³-hybridized carbons (Fsp3) is 0.250. The van der Waals surface area contributed by atoms with Crippen LogP contribution in [0.3, 0.4) is 0 Å². The molecule has 6 nitrogen and oxygen atoms in total. The van der Waals surface area contributed by atoms with Crippen LogP contribution in [-0.4, -0.2) is 45.3 Å². The number of nitrogens with one attached hydrogen (secondary N) is 1. The Balaban J connectivity index is 2.05. The van der Waals surface area contributed by atoms with E-state index in [9.17, 15) is 9.59 Å². The summed E-state index contributed by atoms with van der Waals surface area (Å²) in [7, 11) is 0. The largest absolute Gasteiger partial charge is 0.389 e. The molecule has 1 aromatic heterocycles. The van der Waals surface area contributed by atoms with Crippen molar-refractivity contribution in [2.45, 2.75) is 6.10 Å². The van der Waals surface area contributed by atoms with Crippen molar-refractivity contribution in [1.82, 2.24) is 15.1 Å². The number of fused-ring (bicyclic) bond motifs is 1. The fourth-order valence-electron chi connectivity index (χ4n) is 1.99. The molecule has 1 aliphatic rings. The van der Waals surface area contributed by atoms with E-state index >= 15 is 0 Å². The number of aromatic amines is 1. The van der Waals surface area contributed by atoms with Crippen molar-refractivity contribution < 1.29 is 9.90 Å². The standard InChI is InChI=1S/C12H11N3O3/c16-7-5-15(6-7)12(18)10-11(17)8-3-1-2-4-9(8)13-14-10/h1-4,7,16H,5-6H2,(H,13,17). The number of amides is 1. The third-order valence-electron chi connectivity index (χ3n) is 3.03. The number of carbonyl (C=O) groups is 1. The zero-order valence-corrected chi connectivity index (χ0v) is 9.46. The maximum Gasteiger partial charge on any atom is 0.278 e. The molecule has 1 fully saturated rings. The lowest BCUT2D eigenvalue weighted by atomic mass is 10.1. The summed E-state index contributed by atoms with van der Waals surface area (Å²) in [5.74, 6) is -0.438. The fourth-order valence-corrected chi connectivity index (χ4v) is 1.99. The van der Waals surface area contributed by atoms with Gasteiger partial charge in [0.2, 0.25) is 5.43 Å². The quantitative estimate of drug-likeness (QED) is 0.724. The van der Waals surface area contributed by atoms with Gasteiger partial charge in [0.25, 0.3) is 5.91 Å². The molecule has 0 saturated carbocycles. The molecule has 1 saturated heterocycles. The zero-order chi connectivity index (χ0) is 12.7. The Kier molecular flexibility index (Phi) is 2.38. The Morgan fingerprint density at radius 1 is 1.39 bits per heavy atom. The topological polar surface area (TPSA) is 86.3 Å². The van der Waals surface area contributed by atoms with Gasteiger partial charge >= 0.3 is 0 Å². The molecule has 1 aromatic carbocycles. The van der Waals surface area contributed by atoms with Gasteiger partial charge in [-0.1, -0.05) is 12.1 Å². The maximum atomic E-state index is 12.1. The van der Waals surface area contributed by atoms with Gasteiger partial charge in [0.15, 0.2) is 5.69 Å². The molecule has 0 bridgehead atoms. The lowest BCUT2D eigenvalue weighted by Gasteiger charge is -2.35. The van der Waals surface area contributed by atoms with Gasteiger partial charge in [-0.25, -0.2) is 0 Å². The number of aliphatic hydroxyl groups excluding tert-OH is 1. The maximum absolute atomic E-state index is 12.1. The third-order valence-corrected chi connectivity index (χ3v) is 3.03. The summed E-state index contributed by atoms with van der Waals surface area (Å²) in [6, 6.07) is 6.90. The summed E-state index contributed by atoms with van der Waals surface area (Å²) in [4.78, 5) is 25.5. The van der Waals surface area contributed by atoms with Gasteiger partial charge in [0.1, 0.15) is 0 Å². The van der Waals surface area contributed by atoms with Crippen molar-refractivity contribution in [1.29, 1.82) is 0 Å². The summed E-state index contributed by atoms with van der Waals surface area (Å²) in [6.45, 7) is 0.513. The highest BCUT2D eigenvalue weighted by Crippen LogP contribution is 2.11. The Bertz CT molecular complexity index is 674. The zero-order valence-electron chi connectivity index (χ0n) is 9.46. The second-order valence-corrected chi connectivity index (χ2v) is 4.31. The highest BCUT2D eigenvalue weighted by atomic mass is 16.3. The molecule has 92 valence electrons. The molecule has 2 N–H and O–H groups in total. The third kappa shape index (κ3) is 1.58. The minimum atomic E-state index is -0.492. The number of H-pyrrole nitrogens is 1. The molecule has 1 aliphatic heterocycles. The molecule has 0 unspecified atom stereocenters. The molecule has 0 atom stereocenters. The van der Waals surface area contributed by atoms with Gasteiger partial charge < -0.3 is 10.0 Å². The Labute approximate surface area is 102 Å². The first-order chi connectivity index (χ1) is 8.66. The van der Waals surface area contributed by atoms with Gasteiger partial charge in [-0.15, -0.1) is 0 Å². The molecule has 2 aromatic rings. The van der Waals surface area contributed by atoms with E-state index in [1.165, 1.54) is 4.90 Å². The number of rotatable bonds is 1. The van der Waals surface area contributed by atoms with Crippen molar-refractivity contribution in [2.75, 3.05) is 13.1 Å². The van der Waals surface area contributed by atoms with E-state index in [0.717, 1.165) is 0 Å². The van der Waals surface area contributed by atoms with Crippen LogP contribution in [0, 0.1) is 0 Å². The highest BCUT2D eigenvalue weighted by Gasteiger charge is 2.31. The smallest absolute Gasteiger partial charge is 0.278 e. The molecule has 18 heavy (non-hydrogen) atoms. The highest BCUT2D eigenvalue weighted by molar-refractivity contribution is 5.95. The molecule has 1 amide bonds. The first-order valence-electron chi connectivity index (χ1n) is 5.61. The first-order valence-corrected chi connectivity index (χ1v) is 5.61. The van der Waals surface area contributed by atoms with Crippen molar-refractivity contribution in [2.24, 2.45) is 0 Å². The number of para-hydroxylation sites is 1. The van der Waals surface area contributed by atoms with Crippen LogP contribution in [-0.2, 0) is 0 Å². The van der Waals surface area contributed by atoms with Crippen molar-refractivity contribution in [3.05, 3.63) is 40.2 Å². The number of carbonyl (C=O) groups excluding carboxylic acids is 1. The van der Waals surface area contributed by atoms with Crippen LogP contribution >= 0.6 is 0 Å². The van der Waals surface area contributed by atoms with E-state index in [4.69, 9.17) is 5.11 Å². The predicted molar refractivity (Wildman–Crippen MR) is 64.3 cm³/mol. The molecule has 0 aliphatic carbocycles.